The first-order chi connectivity index (χ1) is 8.47. The highest BCUT2D eigenvalue weighted by Crippen LogP contribution is 2.06. The topological polar surface area (TPSA) is 52.7 Å². The molecule has 6 heteroatoms. The predicted octanol–water partition coefficient (Wildman–Crippen LogP) is -0.352. The van der Waals surface area contributed by atoms with Gasteiger partial charge in [-0.15, -0.1) is 0 Å². The van der Waals surface area contributed by atoms with E-state index in [9.17, 15) is 8.42 Å². The van der Waals surface area contributed by atoms with Crippen LogP contribution in [0, 0.1) is 0 Å². The number of hydrogen-bond donors (Lipinski definition) is 1. The molecule has 0 aromatic heterocycles. The van der Waals surface area contributed by atoms with E-state index in [1.54, 1.807) is 0 Å². The molecule has 1 aliphatic rings. The first-order valence-corrected chi connectivity index (χ1v) is 8.83. The van der Waals surface area contributed by atoms with Crippen molar-refractivity contribution in [2.75, 3.05) is 64.9 Å². The highest BCUT2D eigenvalue weighted by atomic mass is 32.2. The standard InChI is InChI=1S/C12H27N3O2S/c1-14(10-11-15-7-3-4-8-15)9-5-13-6-12-18(2,16)17/h13H,3-12H2,1-2H3. The maximum Gasteiger partial charge on any atom is 0.148 e. The summed E-state index contributed by atoms with van der Waals surface area (Å²) in [4.78, 5) is 4.80. The summed E-state index contributed by atoms with van der Waals surface area (Å²) in [5.41, 5.74) is 0. The number of likely N-dealkylation sites (tertiary alicyclic amines) is 1. The second-order valence-electron chi connectivity index (χ2n) is 5.23. The highest BCUT2D eigenvalue weighted by molar-refractivity contribution is 7.90. The Morgan fingerprint density at radius 3 is 2.44 bits per heavy atom. The van der Waals surface area contributed by atoms with E-state index in [4.69, 9.17) is 0 Å². The summed E-state index contributed by atoms with van der Waals surface area (Å²) in [6, 6.07) is 0. The Hall–Kier alpha value is -0.170. The van der Waals surface area contributed by atoms with Crippen molar-refractivity contribution in [1.29, 1.82) is 0 Å². The number of nitrogens with zero attached hydrogens (tertiary/aromatic N) is 2. The van der Waals surface area contributed by atoms with Gasteiger partial charge < -0.3 is 15.1 Å². The minimum absolute atomic E-state index is 0.227. The Bertz CT molecular complexity index is 313. The summed E-state index contributed by atoms with van der Waals surface area (Å²) < 4.78 is 21.8. The molecule has 18 heavy (non-hydrogen) atoms. The average Bonchev–Trinajstić information content (AvgIpc) is 2.77. The van der Waals surface area contributed by atoms with Gasteiger partial charge in [-0.25, -0.2) is 8.42 Å². The summed E-state index contributed by atoms with van der Waals surface area (Å²) in [7, 11) is -0.710. The molecule has 1 heterocycles. The Kier molecular flexibility index (Phi) is 7.14. The second-order valence-corrected chi connectivity index (χ2v) is 7.49. The molecule has 1 N–H and O–H groups in total. The fourth-order valence-corrected chi connectivity index (χ4v) is 2.60. The lowest BCUT2D eigenvalue weighted by atomic mass is 10.4. The van der Waals surface area contributed by atoms with Gasteiger partial charge in [0.15, 0.2) is 0 Å². The van der Waals surface area contributed by atoms with Crippen molar-refractivity contribution in [3.8, 4) is 0 Å². The van der Waals surface area contributed by atoms with Crippen molar-refractivity contribution in [3.63, 3.8) is 0 Å². The van der Waals surface area contributed by atoms with Gasteiger partial charge in [0.2, 0.25) is 0 Å². The first kappa shape index (κ1) is 15.9. The van der Waals surface area contributed by atoms with E-state index < -0.39 is 9.84 Å². The monoisotopic (exact) mass is 277 g/mol. The van der Waals surface area contributed by atoms with Crippen LogP contribution in [0.25, 0.3) is 0 Å². The van der Waals surface area contributed by atoms with E-state index in [0.717, 1.165) is 26.2 Å². The molecule has 0 unspecified atom stereocenters. The number of rotatable bonds is 9. The number of likely N-dealkylation sites (N-methyl/N-ethyl adjacent to an activating group) is 1. The van der Waals surface area contributed by atoms with Gasteiger partial charge in [-0.05, 0) is 33.0 Å². The molecule has 5 nitrogen and oxygen atoms in total. The molecular weight excluding hydrogens is 250 g/mol. The van der Waals surface area contributed by atoms with Crippen LogP contribution >= 0.6 is 0 Å². The minimum Gasteiger partial charge on any atom is -0.314 e. The molecule has 0 amide bonds. The van der Waals surface area contributed by atoms with E-state index in [1.165, 1.54) is 32.2 Å². The summed E-state index contributed by atoms with van der Waals surface area (Å²) in [5, 5.41) is 3.17. The highest BCUT2D eigenvalue weighted by Gasteiger charge is 2.11. The van der Waals surface area contributed by atoms with Crippen LogP contribution in [-0.4, -0.2) is 83.1 Å². The van der Waals surface area contributed by atoms with Gasteiger partial charge in [-0.3, -0.25) is 0 Å². The summed E-state index contributed by atoms with van der Waals surface area (Å²) in [5.74, 6) is 0.227. The van der Waals surface area contributed by atoms with Crippen molar-refractivity contribution in [1.82, 2.24) is 15.1 Å². The van der Waals surface area contributed by atoms with Gasteiger partial charge in [0, 0.05) is 39.0 Å². The lowest BCUT2D eigenvalue weighted by Crippen LogP contribution is -2.36. The van der Waals surface area contributed by atoms with Crippen LogP contribution in [0.3, 0.4) is 0 Å². The number of sulfone groups is 1. The third-order valence-electron chi connectivity index (χ3n) is 3.32. The summed E-state index contributed by atoms with van der Waals surface area (Å²) >= 11 is 0. The Morgan fingerprint density at radius 1 is 1.17 bits per heavy atom. The zero-order valence-electron chi connectivity index (χ0n) is 11.7. The zero-order valence-corrected chi connectivity index (χ0v) is 12.5. The van der Waals surface area contributed by atoms with E-state index in [2.05, 4.69) is 22.2 Å². The van der Waals surface area contributed by atoms with Crippen molar-refractivity contribution in [3.05, 3.63) is 0 Å². The molecule has 1 saturated heterocycles. The third-order valence-corrected chi connectivity index (χ3v) is 4.26. The third kappa shape index (κ3) is 8.02. The molecule has 1 rings (SSSR count). The Morgan fingerprint density at radius 2 is 1.83 bits per heavy atom. The molecule has 0 saturated carbocycles. The molecule has 0 aromatic rings. The second kappa shape index (κ2) is 8.09. The molecule has 0 atom stereocenters. The largest absolute Gasteiger partial charge is 0.314 e. The SMILES string of the molecule is CN(CCNCCS(C)(=O)=O)CCN1CCCC1. The molecule has 0 bridgehead atoms. The van der Waals surface area contributed by atoms with Gasteiger partial charge in [0.1, 0.15) is 9.84 Å². The van der Waals surface area contributed by atoms with Gasteiger partial charge in [-0.2, -0.15) is 0 Å². The van der Waals surface area contributed by atoms with Crippen molar-refractivity contribution >= 4 is 9.84 Å². The average molecular weight is 277 g/mol. The molecule has 108 valence electrons. The smallest absolute Gasteiger partial charge is 0.148 e. The van der Waals surface area contributed by atoms with Gasteiger partial charge in [0.25, 0.3) is 0 Å². The molecule has 1 fully saturated rings. The number of hydrogen-bond acceptors (Lipinski definition) is 5. The van der Waals surface area contributed by atoms with E-state index in [0.29, 0.717) is 6.54 Å². The van der Waals surface area contributed by atoms with Crippen LogP contribution in [0.15, 0.2) is 0 Å². The molecule has 0 radical (unpaired) electrons. The predicted molar refractivity (Wildman–Crippen MR) is 75.8 cm³/mol. The van der Waals surface area contributed by atoms with Crippen LogP contribution in [-0.2, 0) is 9.84 Å². The van der Waals surface area contributed by atoms with E-state index in [1.807, 2.05) is 0 Å². The maximum atomic E-state index is 10.9. The quantitative estimate of drug-likeness (QED) is 0.584. The molecule has 1 aliphatic heterocycles. The Balaban J connectivity index is 1.94. The summed E-state index contributed by atoms with van der Waals surface area (Å²) in [6.07, 6.45) is 3.96. The fraction of sp³-hybridized carbons (Fsp3) is 1.00. The zero-order chi connectivity index (χ0) is 13.4. The Labute approximate surface area is 111 Å². The summed E-state index contributed by atoms with van der Waals surface area (Å²) in [6.45, 7) is 7.12. The lowest BCUT2D eigenvalue weighted by molar-refractivity contribution is 0.257. The molecular formula is C12H27N3O2S. The van der Waals surface area contributed by atoms with Crippen LogP contribution in [0.1, 0.15) is 12.8 Å². The molecule has 0 aliphatic carbocycles. The van der Waals surface area contributed by atoms with Gasteiger partial charge in [-0.1, -0.05) is 0 Å². The van der Waals surface area contributed by atoms with E-state index in [-0.39, 0.29) is 5.75 Å². The van der Waals surface area contributed by atoms with E-state index >= 15 is 0 Å². The van der Waals surface area contributed by atoms with Gasteiger partial charge >= 0.3 is 0 Å². The van der Waals surface area contributed by atoms with Crippen LogP contribution < -0.4 is 5.32 Å². The fourth-order valence-electron chi connectivity index (χ4n) is 2.08. The molecule has 0 spiro atoms. The van der Waals surface area contributed by atoms with Crippen molar-refractivity contribution < 1.29 is 8.42 Å². The first-order valence-electron chi connectivity index (χ1n) is 6.77. The van der Waals surface area contributed by atoms with Gasteiger partial charge in [0.05, 0.1) is 5.75 Å². The minimum atomic E-state index is -2.83. The van der Waals surface area contributed by atoms with Crippen molar-refractivity contribution in [2.24, 2.45) is 0 Å². The van der Waals surface area contributed by atoms with Crippen LogP contribution in [0.2, 0.25) is 0 Å². The molecule has 0 aromatic carbocycles. The number of nitrogens with one attached hydrogen (secondary N) is 1. The normalized spacial score (nSPS) is 17.7. The lowest BCUT2D eigenvalue weighted by Gasteiger charge is -2.21. The van der Waals surface area contributed by atoms with Crippen molar-refractivity contribution in [2.45, 2.75) is 12.8 Å². The maximum absolute atomic E-state index is 10.9. The van der Waals surface area contributed by atoms with Crippen LogP contribution in [0.5, 0.6) is 0 Å². The van der Waals surface area contributed by atoms with Crippen LogP contribution in [0.4, 0.5) is 0 Å².